The Bertz CT molecular complexity index is 441. The minimum absolute atomic E-state index is 0.388. The highest BCUT2D eigenvalue weighted by Gasteiger charge is 2.20. The second-order valence-electron chi connectivity index (χ2n) is 3.59. The molecule has 0 bridgehead atoms. The van der Waals surface area contributed by atoms with Crippen LogP contribution in [0.1, 0.15) is 19.4 Å². The number of hydrogen-bond donors (Lipinski definition) is 0. The third-order valence-electron chi connectivity index (χ3n) is 2.30. The predicted molar refractivity (Wildman–Crippen MR) is 62.6 cm³/mol. The summed E-state index contributed by atoms with van der Waals surface area (Å²) in [5, 5.41) is -0.467. The molecule has 15 heavy (non-hydrogen) atoms. The molecule has 0 aliphatic carbocycles. The number of allylic oxidation sites excluding steroid dienone is 1. The smallest absolute Gasteiger partial charge is 0.184 e. The van der Waals surface area contributed by atoms with Crippen LogP contribution in [0.15, 0.2) is 41.3 Å². The Hall–Kier alpha value is -1.09. The van der Waals surface area contributed by atoms with Gasteiger partial charge in [0.1, 0.15) is 0 Å². The fourth-order valence-corrected chi connectivity index (χ4v) is 2.63. The standard InChI is InChI=1S/C12H16O2S/c1-4-5-11(3)15(13,14)12-8-6-10(2)7-9-12/h4-9,11H,1-3H3/b5-4+. The Morgan fingerprint density at radius 2 is 1.73 bits per heavy atom. The van der Waals surface area contributed by atoms with Crippen LogP contribution in [0.3, 0.4) is 0 Å². The van der Waals surface area contributed by atoms with Crippen LogP contribution in [-0.4, -0.2) is 13.7 Å². The van der Waals surface area contributed by atoms with E-state index in [0.29, 0.717) is 4.90 Å². The molecule has 82 valence electrons. The zero-order valence-corrected chi connectivity index (χ0v) is 10.1. The highest BCUT2D eigenvalue weighted by atomic mass is 32.2. The van der Waals surface area contributed by atoms with Gasteiger partial charge in [-0.3, -0.25) is 0 Å². The normalized spacial score (nSPS) is 14.3. The van der Waals surface area contributed by atoms with E-state index in [1.807, 2.05) is 26.0 Å². The van der Waals surface area contributed by atoms with E-state index in [1.54, 1.807) is 31.2 Å². The van der Waals surface area contributed by atoms with E-state index in [9.17, 15) is 8.42 Å². The lowest BCUT2D eigenvalue weighted by molar-refractivity contribution is 0.591. The molecule has 2 nitrogen and oxygen atoms in total. The van der Waals surface area contributed by atoms with Gasteiger partial charge >= 0.3 is 0 Å². The molecule has 3 heteroatoms. The van der Waals surface area contributed by atoms with Crippen LogP contribution in [0, 0.1) is 6.92 Å². The van der Waals surface area contributed by atoms with Crippen LogP contribution < -0.4 is 0 Å². The summed E-state index contributed by atoms with van der Waals surface area (Å²) >= 11 is 0. The van der Waals surface area contributed by atoms with E-state index in [0.717, 1.165) is 5.56 Å². The van der Waals surface area contributed by atoms with E-state index >= 15 is 0 Å². The molecule has 0 spiro atoms. The molecule has 1 atom stereocenters. The molecule has 0 saturated carbocycles. The monoisotopic (exact) mass is 224 g/mol. The third kappa shape index (κ3) is 2.69. The van der Waals surface area contributed by atoms with Crippen molar-refractivity contribution in [2.75, 3.05) is 0 Å². The molecule has 1 rings (SSSR count). The van der Waals surface area contributed by atoms with Crippen molar-refractivity contribution >= 4 is 9.84 Å². The summed E-state index contributed by atoms with van der Waals surface area (Å²) in [6, 6.07) is 6.94. The maximum Gasteiger partial charge on any atom is 0.184 e. The van der Waals surface area contributed by atoms with Crippen molar-refractivity contribution in [1.29, 1.82) is 0 Å². The number of sulfone groups is 1. The second kappa shape index (κ2) is 4.62. The predicted octanol–water partition coefficient (Wildman–Crippen LogP) is 2.73. The molecular weight excluding hydrogens is 208 g/mol. The molecule has 0 amide bonds. The first-order valence-electron chi connectivity index (χ1n) is 4.92. The Labute approximate surface area is 91.6 Å². The van der Waals surface area contributed by atoms with Gasteiger partial charge in [-0.2, -0.15) is 0 Å². The largest absolute Gasteiger partial charge is 0.223 e. The van der Waals surface area contributed by atoms with Crippen molar-refractivity contribution in [2.24, 2.45) is 0 Å². The highest BCUT2D eigenvalue weighted by Crippen LogP contribution is 2.17. The maximum absolute atomic E-state index is 12.0. The summed E-state index contributed by atoms with van der Waals surface area (Å²) in [5.74, 6) is 0. The highest BCUT2D eigenvalue weighted by molar-refractivity contribution is 7.92. The van der Waals surface area contributed by atoms with Crippen LogP contribution in [0.25, 0.3) is 0 Å². The number of benzene rings is 1. The molecule has 0 aliphatic heterocycles. The zero-order valence-electron chi connectivity index (χ0n) is 9.27. The summed E-state index contributed by atoms with van der Waals surface area (Å²) in [7, 11) is -3.20. The number of hydrogen-bond acceptors (Lipinski definition) is 2. The van der Waals surface area contributed by atoms with Gasteiger partial charge in [0.25, 0.3) is 0 Å². The molecule has 0 N–H and O–H groups in total. The molecule has 0 aromatic heterocycles. The fourth-order valence-electron chi connectivity index (χ4n) is 1.32. The SMILES string of the molecule is C/C=C/C(C)S(=O)(=O)c1ccc(C)cc1. The van der Waals surface area contributed by atoms with E-state index < -0.39 is 15.1 Å². The van der Waals surface area contributed by atoms with Crippen LogP contribution in [-0.2, 0) is 9.84 Å². The minimum Gasteiger partial charge on any atom is -0.223 e. The van der Waals surface area contributed by atoms with Crippen LogP contribution in [0.4, 0.5) is 0 Å². The molecule has 0 heterocycles. The van der Waals surface area contributed by atoms with Crippen LogP contribution in [0.5, 0.6) is 0 Å². The van der Waals surface area contributed by atoms with Crippen molar-refractivity contribution in [3.05, 3.63) is 42.0 Å². The lowest BCUT2D eigenvalue weighted by atomic mass is 10.2. The summed E-state index contributed by atoms with van der Waals surface area (Å²) in [6.07, 6.45) is 3.45. The van der Waals surface area contributed by atoms with E-state index in [4.69, 9.17) is 0 Å². The maximum atomic E-state index is 12.0. The van der Waals surface area contributed by atoms with Crippen molar-refractivity contribution in [3.63, 3.8) is 0 Å². The second-order valence-corrected chi connectivity index (χ2v) is 5.89. The Morgan fingerprint density at radius 1 is 1.20 bits per heavy atom. The minimum atomic E-state index is -3.20. The molecule has 1 aromatic rings. The van der Waals surface area contributed by atoms with E-state index in [2.05, 4.69) is 0 Å². The van der Waals surface area contributed by atoms with Crippen LogP contribution >= 0.6 is 0 Å². The molecule has 1 aromatic carbocycles. The number of aryl methyl sites for hydroxylation is 1. The average Bonchev–Trinajstić information content (AvgIpc) is 2.18. The molecule has 0 aliphatic rings. The molecular formula is C12H16O2S. The first-order valence-corrected chi connectivity index (χ1v) is 6.46. The first-order chi connectivity index (χ1) is 6.98. The third-order valence-corrected chi connectivity index (χ3v) is 4.37. The first kappa shape index (κ1) is 12.0. The van der Waals surface area contributed by atoms with Crippen molar-refractivity contribution in [3.8, 4) is 0 Å². The van der Waals surface area contributed by atoms with Gasteiger partial charge in [0, 0.05) is 0 Å². The summed E-state index contributed by atoms with van der Waals surface area (Å²) < 4.78 is 24.0. The lowest BCUT2D eigenvalue weighted by Gasteiger charge is -2.08. The Balaban J connectivity index is 3.11. The van der Waals surface area contributed by atoms with Gasteiger partial charge in [-0.05, 0) is 32.9 Å². The van der Waals surface area contributed by atoms with E-state index in [-0.39, 0.29) is 0 Å². The summed E-state index contributed by atoms with van der Waals surface area (Å²) in [4.78, 5) is 0.388. The Kier molecular flexibility index (Phi) is 3.69. The van der Waals surface area contributed by atoms with Crippen LogP contribution in [0.2, 0.25) is 0 Å². The van der Waals surface area contributed by atoms with Crippen molar-refractivity contribution in [2.45, 2.75) is 30.9 Å². The summed E-state index contributed by atoms with van der Waals surface area (Å²) in [6.45, 7) is 5.45. The molecule has 1 unspecified atom stereocenters. The van der Waals surface area contributed by atoms with Gasteiger partial charge in [-0.15, -0.1) is 0 Å². The fraction of sp³-hybridized carbons (Fsp3) is 0.333. The average molecular weight is 224 g/mol. The van der Waals surface area contributed by atoms with Crippen molar-refractivity contribution < 1.29 is 8.42 Å². The van der Waals surface area contributed by atoms with Gasteiger partial charge in [-0.25, -0.2) is 8.42 Å². The van der Waals surface area contributed by atoms with Crippen molar-refractivity contribution in [1.82, 2.24) is 0 Å². The Morgan fingerprint density at radius 3 is 2.20 bits per heavy atom. The van der Waals surface area contributed by atoms with Gasteiger partial charge in [0.05, 0.1) is 10.1 Å². The number of rotatable bonds is 3. The molecule has 0 saturated heterocycles. The van der Waals surface area contributed by atoms with Gasteiger partial charge < -0.3 is 0 Å². The van der Waals surface area contributed by atoms with E-state index in [1.165, 1.54) is 0 Å². The lowest BCUT2D eigenvalue weighted by Crippen LogP contribution is -2.15. The van der Waals surface area contributed by atoms with Gasteiger partial charge in [-0.1, -0.05) is 29.8 Å². The molecule has 0 fully saturated rings. The molecule has 0 radical (unpaired) electrons. The topological polar surface area (TPSA) is 34.1 Å². The summed E-state index contributed by atoms with van der Waals surface area (Å²) in [5.41, 5.74) is 1.06. The zero-order chi connectivity index (χ0) is 11.5. The van der Waals surface area contributed by atoms with Gasteiger partial charge in [0.15, 0.2) is 9.84 Å². The van der Waals surface area contributed by atoms with Gasteiger partial charge in [0.2, 0.25) is 0 Å². The quantitative estimate of drug-likeness (QED) is 0.740.